The number of alkyl halides is 2. The summed E-state index contributed by atoms with van der Waals surface area (Å²) in [4.78, 5) is 34.4. The molecule has 3 atom stereocenters. The summed E-state index contributed by atoms with van der Waals surface area (Å²) in [5.74, 6) is -2.35. The van der Waals surface area contributed by atoms with Gasteiger partial charge in [0.15, 0.2) is 0 Å². The van der Waals surface area contributed by atoms with Crippen LogP contribution in [0.1, 0.15) is 105 Å². The third kappa shape index (κ3) is 6.14. The van der Waals surface area contributed by atoms with Crippen LogP contribution in [0, 0.1) is 11.8 Å². The highest BCUT2D eigenvalue weighted by Gasteiger charge is 2.46. The molecule has 3 aromatic rings. The van der Waals surface area contributed by atoms with Gasteiger partial charge in [-0.15, -0.1) is 0 Å². The van der Waals surface area contributed by atoms with Crippen LogP contribution >= 0.6 is 0 Å². The molecule has 220 valence electrons. The van der Waals surface area contributed by atoms with Gasteiger partial charge in [0.05, 0.1) is 23.2 Å². The number of carbonyl (C=O) groups excluding carboxylic acids is 2. The summed E-state index contributed by atoms with van der Waals surface area (Å²) in [6, 6.07) is 6.99. The third-order valence-electron chi connectivity index (χ3n) is 8.50. The lowest BCUT2D eigenvalue weighted by molar-refractivity contribution is -0.134. The van der Waals surface area contributed by atoms with Crippen molar-refractivity contribution in [3.8, 4) is 0 Å². The van der Waals surface area contributed by atoms with Crippen LogP contribution in [0.15, 0.2) is 30.5 Å². The van der Waals surface area contributed by atoms with Gasteiger partial charge in [-0.2, -0.15) is 5.10 Å². The lowest BCUT2D eigenvalue weighted by Crippen LogP contribution is -2.40. The van der Waals surface area contributed by atoms with Crippen molar-refractivity contribution in [1.29, 1.82) is 0 Å². The van der Waals surface area contributed by atoms with Gasteiger partial charge >= 0.3 is 0 Å². The molecule has 0 spiro atoms. The summed E-state index contributed by atoms with van der Waals surface area (Å²) in [6.07, 6.45) is 5.94. The maximum absolute atomic E-state index is 13.4. The van der Waals surface area contributed by atoms with Crippen LogP contribution in [-0.4, -0.2) is 50.2 Å². The predicted molar refractivity (Wildman–Crippen MR) is 148 cm³/mol. The van der Waals surface area contributed by atoms with Crippen LogP contribution in [0.25, 0.3) is 11.0 Å². The van der Waals surface area contributed by atoms with Crippen LogP contribution in [0.2, 0.25) is 0 Å². The SMILES string of the molecule is CC(C)n1nccc1C(=O)N[C@H](c1nc2ccc(C(NC(=O)CC3CC(F)(F)C3)C3CC3)cc2[nH]1)[C@@H]1CCCCO1. The van der Waals surface area contributed by atoms with Crippen molar-refractivity contribution in [3.63, 3.8) is 0 Å². The van der Waals surface area contributed by atoms with Crippen molar-refractivity contribution in [2.45, 2.75) is 95.4 Å². The number of hydrogen-bond donors (Lipinski definition) is 3. The summed E-state index contributed by atoms with van der Waals surface area (Å²) < 4.78 is 34.3. The first-order chi connectivity index (χ1) is 19.7. The molecule has 1 aliphatic heterocycles. The topological polar surface area (TPSA) is 114 Å². The summed E-state index contributed by atoms with van der Waals surface area (Å²) >= 11 is 0. The average Bonchev–Trinajstić information content (AvgIpc) is 3.47. The average molecular weight is 569 g/mol. The molecule has 9 nitrogen and oxygen atoms in total. The molecule has 6 rings (SSSR count). The molecule has 1 aromatic carbocycles. The standard InChI is InChI=1S/C30H38F2N6O3/c1-17(2)38-23(10-11-33-38)29(40)37-27(24-5-3-4-12-41-24)28-34-21-9-8-20(14-22(21)35-28)26(19-6-7-19)36-25(39)13-18-15-30(31,32)16-18/h8-11,14,17-19,24,26-27H,3-7,12-13,15-16H2,1-2H3,(H,34,35)(H,36,39)(H,37,40)/t24-,26?,27-/m0/s1. The molecule has 1 unspecified atom stereocenters. The number of imidazole rings is 1. The number of hydrogen-bond acceptors (Lipinski definition) is 5. The molecule has 41 heavy (non-hydrogen) atoms. The van der Waals surface area contributed by atoms with Gasteiger partial charge in [0.25, 0.3) is 5.91 Å². The van der Waals surface area contributed by atoms with E-state index in [1.165, 1.54) is 0 Å². The summed E-state index contributed by atoms with van der Waals surface area (Å²) in [6.45, 7) is 4.59. The number of ether oxygens (including phenoxy) is 1. The van der Waals surface area contributed by atoms with E-state index in [0.717, 1.165) is 48.7 Å². The third-order valence-corrected chi connectivity index (χ3v) is 8.50. The fourth-order valence-electron chi connectivity index (χ4n) is 6.20. The molecule has 0 radical (unpaired) electrons. The molecule has 2 aromatic heterocycles. The first-order valence-corrected chi connectivity index (χ1v) is 14.8. The molecule has 2 aliphatic carbocycles. The number of nitrogens with one attached hydrogen (secondary N) is 3. The zero-order chi connectivity index (χ0) is 28.7. The van der Waals surface area contributed by atoms with Crippen molar-refractivity contribution in [1.82, 2.24) is 30.4 Å². The minimum absolute atomic E-state index is 0.0364. The number of rotatable bonds is 10. The summed E-state index contributed by atoms with van der Waals surface area (Å²) in [5.41, 5.74) is 2.99. The Labute approximate surface area is 237 Å². The molecule has 3 heterocycles. The van der Waals surface area contributed by atoms with Crippen LogP contribution in [-0.2, 0) is 9.53 Å². The summed E-state index contributed by atoms with van der Waals surface area (Å²) in [7, 11) is 0. The Morgan fingerprint density at radius 3 is 2.61 bits per heavy atom. The van der Waals surface area contributed by atoms with Gasteiger partial charge in [0.1, 0.15) is 17.6 Å². The van der Waals surface area contributed by atoms with Crippen LogP contribution in [0.4, 0.5) is 8.78 Å². The van der Waals surface area contributed by atoms with Gasteiger partial charge < -0.3 is 20.4 Å². The smallest absolute Gasteiger partial charge is 0.270 e. The van der Waals surface area contributed by atoms with Gasteiger partial charge in [-0.3, -0.25) is 14.3 Å². The maximum atomic E-state index is 13.4. The van der Waals surface area contributed by atoms with Crippen molar-refractivity contribution >= 4 is 22.8 Å². The Bertz CT molecular complexity index is 1400. The Morgan fingerprint density at radius 2 is 1.93 bits per heavy atom. The monoisotopic (exact) mass is 568 g/mol. The van der Waals surface area contributed by atoms with E-state index in [0.29, 0.717) is 24.0 Å². The Hall–Kier alpha value is -3.34. The van der Waals surface area contributed by atoms with E-state index in [2.05, 4.69) is 20.7 Å². The van der Waals surface area contributed by atoms with E-state index >= 15 is 0 Å². The minimum atomic E-state index is -2.63. The quantitative estimate of drug-likeness (QED) is 0.304. The Balaban J connectivity index is 1.22. The molecule has 3 N–H and O–H groups in total. The van der Waals surface area contributed by atoms with Crippen molar-refractivity contribution in [2.75, 3.05) is 6.61 Å². The van der Waals surface area contributed by atoms with Crippen molar-refractivity contribution in [3.05, 3.63) is 47.5 Å². The first-order valence-electron chi connectivity index (χ1n) is 14.8. The molecule has 3 aliphatic rings. The number of carbonyl (C=O) groups is 2. The molecule has 11 heteroatoms. The number of halogens is 2. The van der Waals surface area contributed by atoms with Crippen LogP contribution in [0.5, 0.6) is 0 Å². The molecule has 2 saturated carbocycles. The lowest BCUT2D eigenvalue weighted by Gasteiger charge is -2.34. The maximum Gasteiger partial charge on any atom is 0.270 e. The molecular formula is C30H38F2N6O3. The molecule has 2 amide bonds. The fourth-order valence-corrected chi connectivity index (χ4v) is 6.20. The molecule has 1 saturated heterocycles. The highest BCUT2D eigenvalue weighted by Crippen LogP contribution is 2.45. The second kappa shape index (κ2) is 11.2. The molecule has 0 bridgehead atoms. The fraction of sp³-hybridized carbons (Fsp3) is 0.600. The number of nitrogens with zero attached hydrogens (tertiary/aromatic N) is 3. The van der Waals surface area contributed by atoms with Gasteiger partial charge in [-0.1, -0.05) is 6.07 Å². The first kappa shape index (κ1) is 27.8. The highest BCUT2D eigenvalue weighted by molar-refractivity contribution is 5.93. The number of aromatic amines is 1. The number of H-pyrrole nitrogens is 1. The van der Waals surface area contributed by atoms with Gasteiger partial charge in [0.2, 0.25) is 11.8 Å². The van der Waals surface area contributed by atoms with E-state index in [9.17, 15) is 18.4 Å². The van der Waals surface area contributed by atoms with Gasteiger partial charge in [-0.25, -0.2) is 13.8 Å². The van der Waals surface area contributed by atoms with Crippen molar-refractivity contribution < 1.29 is 23.1 Å². The number of fused-ring (bicyclic) bond motifs is 1. The van der Waals surface area contributed by atoms with Crippen LogP contribution in [0.3, 0.4) is 0 Å². The van der Waals surface area contributed by atoms with E-state index in [1.54, 1.807) is 16.9 Å². The van der Waals surface area contributed by atoms with E-state index < -0.39 is 12.0 Å². The van der Waals surface area contributed by atoms with Crippen LogP contribution < -0.4 is 10.6 Å². The summed E-state index contributed by atoms with van der Waals surface area (Å²) in [5, 5.41) is 10.6. The Morgan fingerprint density at radius 1 is 1.12 bits per heavy atom. The highest BCUT2D eigenvalue weighted by atomic mass is 19.3. The largest absolute Gasteiger partial charge is 0.376 e. The predicted octanol–water partition coefficient (Wildman–Crippen LogP) is 5.38. The molecule has 3 fully saturated rings. The number of benzene rings is 1. The second-order valence-electron chi connectivity index (χ2n) is 12.2. The second-order valence-corrected chi connectivity index (χ2v) is 12.2. The normalized spacial score (nSPS) is 22.3. The van der Waals surface area contributed by atoms with E-state index in [4.69, 9.17) is 9.72 Å². The zero-order valence-corrected chi connectivity index (χ0v) is 23.5. The molecular weight excluding hydrogens is 530 g/mol. The van der Waals surface area contributed by atoms with E-state index in [1.807, 2.05) is 32.0 Å². The van der Waals surface area contributed by atoms with Crippen molar-refractivity contribution in [2.24, 2.45) is 11.8 Å². The van der Waals surface area contributed by atoms with Gasteiger partial charge in [0, 0.05) is 38.1 Å². The number of aromatic nitrogens is 4. The van der Waals surface area contributed by atoms with Gasteiger partial charge in [-0.05, 0) is 81.5 Å². The minimum Gasteiger partial charge on any atom is -0.376 e. The Kier molecular flexibility index (Phi) is 7.56. The number of amides is 2. The zero-order valence-electron chi connectivity index (χ0n) is 23.5. The lowest BCUT2D eigenvalue weighted by atomic mass is 9.79. The van der Waals surface area contributed by atoms with E-state index in [-0.39, 0.29) is 55.2 Å².